The topological polar surface area (TPSA) is 73.0 Å². The molecule has 0 spiro atoms. The molecule has 0 saturated heterocycles. The highest BCUT2D eigenvalue weighted by Gasteiger charge is 2.15. The zero-order valence-electron chi connectivity index (χ0n) is 11.8. The van der Waals surface area contributed by atoms with Crippen molar-refractivity contribution in [2.75, 3.05) is 12.0 Å². The van der Waals surface area contributed by atoms with E-state index in [1.807, 2.05) is 20.8 Å². The van der Waals surface area contributed by atoms with Gasteiger partial charge in [-0.3, -0.25) is 0 Å². The zero-order valence-corrected chi connectivity index (χ0v) is 14.2. The number of aryl methyl sites for hydroxylation is 1. The van der Waals surface area contributed by atoms with Crippen LogP contribution in [0.4, 0.5) is 5.13 Å². The van der Waals surface area contributed by atoms with E-state index in [1.54, 1.807) is 18.2 Å². The largest absolute Gasteiger partial charge is 0.375 e. The van der Waals surface area contributed by atoms with E-state index in [1.165, 1.54) is 11.3 Å². The van der Waals surface area contributed by atoms with E-state index >= 15 is 0 Å². The molecule has 4 nitrogen and oxygen atoms in total. The van der Waals surface area contributed by atoms with Crippen LogP contribution in [0.15, 0.2) is 23.1 Å². The van der Waals surface area contributed by atoms with Crippen molar-refractivity contribution >= 4 is 37.9 Å². The highest BCUT2D eigenvalue weighted by Crippen LogP contribution is 2.34. The van der Waals surface area contributed by atoms with Gasteiger partial charge in [0.1, 0.15) is 0 Å². The molecule has 0 radical (unpaired) electrons. The first kappa shape index (κ1) is 16.9. The van der Waals surface area contributed by atoms with Crippen LogP contribution >= 0.6 is 22.9 Å². The van der Waals surface area contributed by atoms with Crippen LogP contribution in [-0.2, 0) is 9.84 Å². The van der Waals surface area contributed by atoms with E-state index in [2.05, 4.69) is 4.98 Å². The molecule has 110 valence electrons. The number of aromatic nitrogens is 1. The summed E-state index contributed by atoms with van der Waals surface area (Å²) >= 11 is 7.22. The van der Waals surface area contributed by atoms with Crippen molar-refractivity contribution in [1.29, 1.82) is 0 Å². The minimum Gasteiger partial charge on any atom is -0.375 e. The summed E-state index contributed by atoms with van der Waals surface area (Å²) < 4.78 is 23.2. The first-order valence-corrected chi connectivity index (χ1v) is 9.10. The summed E-state index contributed by atoms with van der Waals surface area (Å²) in [6.07, 6.45) is 1.13. The Hall–Kier alpha value is -1.11. The Balaban J connectivity index is 0.000000956. The second-order valence-corrected chi connectivity index (χ2v) is 7.31. The molecule has 1 aromatic carbocycles. The third kappa shape index (κ3) is 3.71. The summed E-state index contributed by atoms with van der Waals surface area (Å²) in [4.78, 5) is 5.09. The summed E-state index contributed by atoms with van der Waals surface area (Å²) in [6.45, 7) is 5.83. The van der Waals surface area contributed by atoms with E-state index in [4.69, 9.17) is 17.3 Å². The molecule has 0 atom stereocenters. The van der Waals surface area contributed by atoms with Crippen molar-refractivity contribution in [3.63, 3.8) is 0 Å². The molecule has 7 heteroatoms. The lowest BCUT2D eigenvalue weighted by atomic mass is 10.2. The Morgan fingerprint density at radius 3 is 2.35 bits per heavy atom. The van der Waals surface area contributed by atoms with Crippen molar-refractivity contribution in [2.24, 2.45) is 0 Å². The fourth-order valence-electron chi connectivity index (χ4n) is 1.61. The van der Waals surface area contributed by atoms with Crippen LogP contribution in [0.1, 0.15) is 19.5 Å². The van der Waals surface area contributed by atoms with Crippen molar-refractivity contribution in [3.8, 4) is 10.4 Å². The molecule has 0 saturated carbocycles. The fraction of sp³-hybridized carbons (Fsp3) is 0.308. The molecule has 0 aliphatic heterocycles. The molecule has 2 rings (SSSR count). The molecule has 2 aromatic rings. The van der Waals surface area contributed by atoms with Crippen LogP contribution < -0.4 is 5.73 Å². The highest BCUT2D eigenvalue weighted by molar-refractivity contribution is 7.90. The monoisotopic (exact) mass is 332 g/mol. The molecule has 0 bridgehead atoms. The number of rotatable bonds is 2. The molecule has 0 fully saturated rings. The average Bonchev–Trinajstić information content (AvgIpc) is 2.70. The molecular weight excluding hydrogens is 316 g/mol. The molecule has 1 heterocycles. The van der Waals surface area contributed by atoms with Gasteiger partial charge in [0.15, 0.2) is 15.0 Å². The number of nitrogens with two attached hydrogens (primary N) is 1. The summed E-state index contributed by atoms with van der Waals surface area (Å²) in [5.41, 5.74) is 7.17. The van der Waals surface area contributed by atoms with Crippen LogP contribution in [0.5, 0.6) is 0 Å². The first-order valence-electron chi connectivity index (χ1n) is 6.02. The number of hydrogen-bond donors (Lipinski definition) is 1. The van der Waals surface area contributed by atoms with Crippen LogP contribution in [0.2, 0.25) is 5.02 Å². The van der Waals surface area contributed by atoms with E-state index in [9.17, 15) is 8.42 Å². The highest BCUT2D eigenvalue weighted by atomic mass is 35.5. The summed E-state index contributed by atoms with van der Waals surface area (Å²) in [7, 11) is -3.35. The molecule has 0 aliphatic rings. The van der Waals surface area contributed by atoms with Crippen LogP contribution in [0.25, 0.3) is 10.4 Å². The average molecular weight is 333 g/mol. The van der Waals surface area contributed by atoms with Gasteiger partial charge in [-0.1, -0.05) is 42.9 Å². The van der Waals surface area contributed by atoms with Gasteiger partial charge in [-0.15, -0.1) is 0 Å². The molecular formula is C13H17ClN2O2S2. The van der Waals surface area contributed by atoms with Gasteiger partial charge < -0.3 is 5.73 Å². The van der Waals surface area contributed by atoms with E-state index in [-0.39, 0.29) is 9.92 Å². The van der Waals surface area contributed by atoms with Gasteiger partial charge in [0.2, 0.25) is 0 Å². The Bertz CT molecular complexity index is 709. The lowest BCUT2D eigenvalue weighted by Crippen LogP contribution is -1.98. The third-order valence-electron chi connectivity index (χ3n) is 2.41. The zero-order chi connectivity index (χ0) is 15.5. The van der Waals surface area contributed by atoms with Gasteiger partial charge in [0, 0.05) is 6.26 Å². The second kappa shape index (κ2) is 6.56. The maximum atomic E-state index is 11.6. The Morgan fingerprint density at radius 2 is 1.90 bits per heavy atom. The maximum absolute atomic E-state index is 11.6. The van der Waals surface area contributed by atoms with Crippen LogP contribution in [0.3, 0.4) is 0 Å². The van der Waals surface area contributed by atoms with Crippen molar-refractivity contribution in [3.05, 3.63) is 28.9 Å². The number of thiazole rings is 1. The smallest absolute Gasteiger partial charge is 0.180 e. The molecule has 0 aliphatic carbocycles. The van der Waals surface area contributed by atoms with E-state index < -0.39 is 9.84 Å². The number of nitrogens with zero attached hydrogens (tertiary/aromatic N) is 1. The second-order valence-electron chi connectivity index (χ2n) is 3.88. The number of halogens is 1. The number of hydrogen-bond acceptors (Lipinski definition) is 5. The molecule has 0 amide bonds. The predicted molar refractivity (Wildman–Crippen MR) is 86.2 cm³/mol. The third-order valence-corrected chi connectivity index (χ3v) is 5.02. The van der Waals surface area contributed by atoms with Crippen molar-refractivity contribution < 1.29 is 8.42 Å². The van der Waals surface area contributed by atoms with Crippen molar-refractivity contribution in [2.45, 2.75) is 25.7 Å². The van der Waals surface area contributed by atoms with Gasteiger partial charge in [-0.2, -0.15) is 0 Å². The summed E-state index contributed by atoms with van der Waals surface area (Å²) in [5, 5.41) is 0.676. The Labute approximate surface area is 128 Å². The Kier molecular flexibility index (Phi) is 5.56. The molecule has 1 aromatic heterocycles. The minimum atomic E-state index is -3.35. The van der Waals surface area contributed by atoms with Gasteiger partial charge >= 0.3 is 0 Å². The summed E-state index contributed by atoms with van der Waals surface area (Å²) in [6, 6.07) is 4.89. The number of anilines is 1. The van der Waals surface area contributed by atoms with E-state index in [0.29, 0.717) is 5.13 Å². The number of sulfone groups is 1. The van der Waals surface area contributed by atoms with Gasteiger partial charge in [-0.25, -0.2) is 13.4 Å². The molecule has 20 heavy (non-hydrogen) atoms. The van der Waals surface area contributed by atoms with Gasteiger partial charge in [-0.05, 0) is 24.6 Å². The molecule has 2 N–H and O–H groups in total. The van der Waals surface area contributed by atoms with Crippen molar-refractivity contribution in [1.82, 2.24) is 4.98 Å². The normalized spacial score (nSPS) is 10.8. The maximum Gasteiger partial charge on any atom is 0.180 e. The van der Waals surface area contributed by atoms with Crippen LogP contribution in [-0.4, -0.2) is 19.7 Å². The fourth-order valence-corrected chi connectivity index (χ4v) is 3.75. The number of nitrogen functional groups attached to an aromatic ring is 1. The lowest BCUT2D eigenvalue weighted by Gasteiger charge is -2.05. The number of benzene rings is 1. The SMILES string of the molecule is CC.Cc1nc(N)sc1-c1ccc(Cl)c(S(C)(=O)=O)c1. The van der Waals surface area contributed by atoms with Gasteiger partial charge in [0.25, 0.3) is 0 Å². The standard InChI is InChI=1S/C11H11ClN2O2S2.C2H6/c1-6-10(17-11(13)14-6)7-3-4-8(12)9(5-7)18(2,15)16;1-2/h3-5H,1-2H3,(H2,13,14);1-2H3. The molecule has 0 unspecified atom stereocenters. The van der Waals surface area contributed by atoms with Crippen LogP contribution in [0, 0.1) is 6.92 Å². The lowest BCUT2D eigenvalue weighted by molar-refractivity contribution is 0.602. The van der Waals surface area contributed by atoms with E-state index in [0.717, 1.165) is 22.4 Å². The predicted octanol–water partition coefficient (Wildman–Crippen LogP) is 3.78. The van der Waals surface area contributed by atoms with Gasteiger partial charge in [0.05, 0.1) is 20.5 Å². The first-order chi connectivity index (χ1) is 9.29. The minimum absolute atomic E-state index is 0.119. The summed E-state index contributed by atoms with van der Waals surface area (Å²) in [5.74, 6) is 0. The quantitative estimate of drug-likeness (QED) is 0.908. The Morgan fingerprint density at radius 1 is 1.30 bits per heavy atom.